The van der Waals surface area contributed by atoms with E-state index in [9.17, 15) is 14.0 Å². The Morgan fingerprint density at radius 3 is 2.45 bits per heavy atom. The van der Waals surface area contributed by atoms with Crippen LogP contribution in [0.1, 0.15) is 23.6 Å². The van der Waals surface area contributed by atoms with Crippen LogP contribution in [0, 0.1) is 5.82 Å². The summed E-state index contributed by atoms with van der Waals surface area (Å²) in [6, 6.07) is 21.3. The van der Waals surface area contributed by atoms with Crippen molar-refractivity contribution in [2.24, 2.45) is 0 Å². The number of rotatable bonds is 8. The average molecular weight is 464 g/mol. The molecule has 3 aromatic carbocycles. The van der Waals surface area contributed by atoms with Crippen LogP contribution in [0.3, 0.4) is 0 Å². The van der Waals surface area contributed by atoms with Crippen molar-refractivity contribution < 1.29 is 23.5 Å². The molecule has 3 aromatic rings. The average Bonchev–Trinajstić information content (AvgIpc) is 3.08. The Morgan fingerprint density at radius 1 is 0.939 bits per heavy atom. The smallest absolute Gasteiger partial charge is 0.293 e. The molecule has 1 fully saturated rings. The van der Waals surface area contributed by atoms with Crippen LogP contribution in [0.5, 0.6) is 11.5 Å². The van der Waals surface area contributed by atoms with Crippen molar-refractivity contribution in [2.75, 3.05) is 6.61 Å². The van der Waals surface area contributed by atoms with Gasteiger partial charge in [0.2, 0.25) is 0 Å². The molecule has 2 amide bonds. The normalized spacial score (nSPS) is 14.7. The van der Waals surface area contributed by atoms with Crippen LogP contribution in [-0.2, 0) is 17.9 Å². The lowest BCUT2D eigenvalue weighted by molar-refractivity contribution is -0.123. The van der Waals surface area contributed by atoms with Gasteiger partial charge in [-0.05, 0) is 54.1 Å². The molecule has 1 saturated heterocycles. The molecule has 1 aliphatic heterocycles. The van der Waals surface area contributed by atoms with Gasteiger partial charge in [0.1, 0.15) is 12.4 Å². The minimum absolute atomic E-state index is 0.106. The van der Waals surface area contributed by atoms with Crippen molar-refractivity contribution in [2.45, 2.75) is 20.1 Å². The summed E-state index contributed by atoms with van der Waals surface area (Å²) in [4.78, 5) is 26.5. The van der Waals surface area contributed by atoms with Gasteiger partial charge in [-0.2, -0.15) is 0 Å². The highest BCUT2D eigenvalue weighted by molar-refractivity contribution is 8.18. The summed E-state index contributed by atoms with van der Waals surface area (Å²) in [6.07, 6.45) is 1.63. The van der Waals surface area contributed by atoms with E-state index in [4.69, 9.17) is 9.47 Å². The second kappa shape index (κ2) is 10.4. The molecule has 0 radical (unpaired) electrons. The number of carbonyl (C=O) groups is 2. The van der Waals surface area contributed by atoms with Gasteiger partial charge in [0.15, 0.2) is 11.5 Å². The summed E-state index contributed by atoms with van der Waals surface area (Å²) in [5, 5.41) is -0.428. The fourth-order valence-corrected chi connectivity index (χ4v) is 4.16. The number of nitrogens with zero attached hydrogens (tertiary/aromatic N) is 1. The van der Waals surface area contributed by atoms with Crippen molar-refractivity contribution in [3.05, 3.63) is 100 Å². The standard InChI is InChI=1S/C26H22FNO4S/c1-2-31-23-14-19(12-13-22(23)32-17-18-8-4-3-5-9-18)15-24-25(29)28(26(30)33-24)16-20-10-6-7-11-21(20)27/h3-15H,2,16-17H2,1H3/b24-15+. The van der Waals surface area contributed by atoms with Gasteiger partial charge in [0, 0.05) is 5.56 Å². The maximum absolute atomic E-state index is 14.0. The first-order chi connectivity index (χ1) is 16.0. The highest BCUT2D eigenvalue weighted by Gasteiger charge is 2.35. The SMILES string of the molecule is CCOc1cc(/C=C2/SC(=O)N(Cc3ccccc3F)C2=O)ccc1OCc1ccccc1. The van der Waals surface area contributed by atoms with Crippen LogP contribution in [0.15, 0.2) is 77.7 Å². The highest BCUT2D eigenvalue weighted by atomic mass is 32.2. The zero-order valence-electron chi connectivity index (χ0n) is 18.0. The zero-order valence-corrected chi connectivity index (χ0v) is 18.8. The molecule has 0 spiro atoms. The van der Waals surface area contributed by atoms with E-state index in [0.29, 0.717) is 35.8 Å². The Morgan fingerprint density at radius 2 is 1.70 bits per heavy atom. The van der Waals surface area contributed by atoms with Crippen molar-refractivity contribution >= 4 is 29.0 Å². The minimum Gasteiger partial charge on any atom is -0.490 e. The highest BCUT2D eigenvalue weighted by Crippen LogP contribution is 2.35. The summed E-state index contributed by atoms with van der Waals surface area (Å²) in [7, 11) is 0. The lowest BCUT2D eigenvalue weighted by Gasteiger charge is -2.13. The third kappa shape index (κ3) is 5.43. The number of imide groups is 1. The second-order valence-electron chi connectivity index (χ2n) is 7.27. The van der Waals surface area contributed by atoms with Crippen LogP contribution in [0.4, 0.5) is 9.18 Å². The molecule has 0 aromatic heterocycles. The summed E-state index contributed by atoms with van der Waals surface area (Å²) in [5.74, 6) is 0.238. The lowest BCUT2D eigenvalue weighted by atomic mass is 10.1. The Labute approximate surface area is 195 Å². The predicted octanol–water partition coefficient (Wildman–Crippen LogP) is 6.04. The van der Waals surface area contributed by atoms with E-state index >= 15 is 0 Å². The number of thioether (sulfide) groups is 1. The second-order valence-corrected chi connectivity index (χ2v) is 8.27. The largest absolute Gasteiger partial charge is 0.490 e. The molecule has 7 heteroatoms. The van der Waals surface area contributed by atoms with Crippen molar-refractivity contribution in [3.63, 3.8) is 0 Å². The third-order valence-electron chi connectivity index (χ3n) is 4.96. The molecular weight excluding hydrogens is 441 g/mol. The van der Waals surface area contributed by atoms with E-state index in [1.165, 1.54) is 6.07 Å². The quantitative estimate of drug-likeness (QED) is 0.381. The first kappa shape index (κ1) is 22.6. The number of hydrogen-bond acceptors (Lipinski definition) is 5. The zero-order chi connectivity index (χ0) is 23.2. The van der Waals surface area contributed by atoms with Crippen LogP contribution in [0.25, 0.3) is 6.08 Å². The van der Waals surface area contributed by atoms with E-state index in [2.05, 4.69) is 0 Å². The van der Waals surface area contributed by atoms with E-state index in [0.717, 1.165) is 22.2 Å². The summed E-state index contributed by atoms with van der Waals surface area (Å²) in [6.45, 7) is 2.62. The topological polar surface area (TPSA) is 55.8 Å². The van der Waals surface area contributed by atoms with Crippen LogP contribution >= 0.6 is 11.8 Å². The van der Waals surface area contributed by atoms with Gasteiger partial charge < -0.3 is 9.47 Å². The molecule has 168 valence electrons. The van der Waals surface area contributed by atoms with E-state index in [1.807, 2.05) is 37.3 Å². The summed E-state index contributed by atoms with van der Waals surface area (Å²) in [5.41, 5.74) is 2.02. The molecule has 0 N–H and O–H groups in total. The molecule has 0 atom stereocenters. The fourth-order valence-electron chi connectivity index (χ4n) is 3.32. The molecular formula is C26H22FNO4S. The Bertz CT molecular complexity index is 1200. The van der Waals surface area contributed by atoms with Gasteiger partial charge >= 0.3 is 0 Å². The fraction of sp³-hybridized carbons (Fsp3) is 0.154. The van der Waals surface area contributed by atoms with E-state index < -0.39 is 17.0 Å². The number of halogens is 1. The Hall–Kier alpha value is -3.58. The number of carbonyl (C=O) groups excluding carboxylic acids is 2. The molecule has 0 bridgehead atoms. The molecule has 5 nitrogen and oxygen atoms in total. The van der Waals surface area contributed by atoms with Crippen LogP contribution < -0.4 is 9.47 Å². The van der Waals surface area contributed by atoms with Crippen LogP contribution in [0.2, 0.25) is 0 Å². The maximum atomic E-state index is 14.0. The van der Waals surface area contributed by atoms with Gasteiger partial charge in [-0.25, -0.2) is 4.39 Å². The Balaban J connectivity index is 1.51. The molecule has 0 unspecified atom stereocenters. The van der Waals surface area contributed by atoms with Gasteiger partial charge in [0.05, 0.1) is 18.1 Å². The number of amides is 2. The minimum atomic E-state index is -0.451. The molecule has 33 heavy (non-hydrogen) atoms. The van der Waals surface area contributed by atoms with Crippen LogP contribution in [-0.4, -0.2) is 22.7 Å². The van der Waals surface area contributed by atoms with E-state index in [-0.39, 0.29) is 11.4 Å². The maximum Gasteiger partial charge on any atom is 0.293 e. The van der Waals surface area contributed by atoms with Gasteiger partial charge in [-0.1, -0.05) is 54.6 Å². The van der Waals surface area contributed by atoms with Crippen molar-refractivity contribution in [1.29, 1.82) is 0 Å². The predicted molar refractivity (Wildman–Crippen MR) is 126 cm³/mol. The lowest BCUT2D eigenvalue weighted by Crippen LogP contribution is -2.27. The van der Waals surface area contributed by atoms with Crippen molar-refractivity contribution in [3.8, 4) is 11.5 Å². The van der Waals surface area contributed by atoms with E-state index in [1.54, 1.807) is 42.5 Å². The molecule has 1 heterocycles. The molecule has 0 aliphatic carbocycles. The summed E-state index contributed by atoms with van der Waals surface area (Å²) >= 11 is 0.837. The Kier molecular flexibility index (Phi) is 7.10. The number of ether oxygens (including phenoxy) is 2. The third-order valence-corrected chi connectivity index (χ3v) is 5.87. The number of hydrogen-bond donors (Lipinski definition) is 0. The first-order valence-corrected chi connectivity index (χ1v) is 11.3. The summed E-state index contributed by atoms with van der Waals surface area (Å²) < 4.78 is 25.6. The van der Waals surface area contributed by atoms with Gasteiger partial charge in [-0.15, -0.1) is 0 Å². The van der Waals surface area contributed by atoms with Crippen molar-refractivity contribution in [1.82, 2.24) is 4.90 Å². The van der Waals surface area contributed by atoms with Gasteiger partial charge in [0.25, 0.3) is 11.1 Å². The monoisotopic (exact) mass is 463 g/mol. The van der Waals surface area contributed by atoms with Gasteiger partial charge in [-0.3, -0.25) is 14.5 Å². The molecule has 1 aliphatic rings. The first-order valence-electron chi connectivity index (χ1n) is 10.5. The molecule has 4 rings (SSSR count). The molecule has 0 saturated carbocycles. The number of benzene rings is 3.